The van der Waals surface area contributed by atoms with Crippen LogP contribution in [0.4, 0.5) is 4.39 Å². The molecule has 6 nitrogen and oxygen atoms in total. The second-order valence-corrected chi connectivity index (χ2v) is 9.18. The summed E-state index contributed by atoms with van der Waals surface area (Å²) >= 11 is 0. The highest BCUT2D eigenvalue weighted by Gasteiger charge is 2.34. The van der Waals surface area contributed by atoms with Gasteiger partial charge in [-0.25, -0.2) is 4.39 Å². The molecule has 2 saturated heterocycles. The fraction of sp³-hybridized carbons (Fsp3) is 0.556. The number of benzene rings is 2. The Labute approximate surface area is 202 Å². The summed E-state index contributed by atoms with van der Waals surface area (Å²) in [6.07, 6.45) is 2.75. The average Bonchev–Trinajstić information content (AvgIpc) is 3.08. The Balaban J connectivity index is 1.23. The van der Waals surface area contributed by atoms with Crippen LogP contribution < -0.4 is 9.47 Å². The van der Waals surface area contributed by atoms with Crippen molar-refractivity contribution in [1.82, 2.24) is 9.80 Å². The Bertz CT molecular complexity index is 875. The molecule has 7 heteroatoms. The van der Waals surface area contributed by atoms with Crippen molar-refractivity contribution in [3.63, 3.8) is 0 Å². The molecule has 0 aromatic heterocycles. The van der Waals surface area contributed by atoms with Gasteiger partial charge in [0.05, 0.1) is 13.2 Å². The molecule has 186 valence electrons. The van der Waals surface area contributed by atoms with E-state index in [0.29, 0.717) is 13.2 Å². The topological polar surface area (TPSA) is 43.4 Å². The molecule has 2 aromatic rings. The van der Waals surface area contributed by atoms with Gasteiger partial charge in [0.25, 0.3) is 0 Å². The number of nitrogens with zero attached hydrogens (tertiary/aromatic N) is 2. The number of likely N-dealkylation sites (tertiary alicyclic amines) is 1. The third-order valence-electron chi connectivity index (χ3n) is 6.86. The lowest BCUT2D eigenvalue weighted by Crippen LogP contribution is -2.39. The third-order valence-corrected chi connectivity index (χ3v) is 6.86. The minimum atomic E-state index is -0.394. The molecule has 0 N–H and O–H groups in total. The predicted molar refractivity (Wildman–Crippen MR) is 130 cm³/mol. The monoisotopic (exact) mass is 472 g/mol. The van der Waals surface area contributed by atoms with Crippen LogP contribution in [0.1, 0.15) is 24.8 Å². The van der Waals surface area contributed by atoms with Gasteiger partial charge in [0, 0.05) is 39.8 Å². The molecule has 0 unspecified atom stereocenters. The van der Waals surface area contributed by atoms with E-state index in [0.717, 1.165) is 77.5 Å². The van der Waals surface area contributed by atoms with Gasteiger partial charge in [-0.05, 0) is 55.6 Å². The van der Waals surface area contributed by atoms with E-state index in [1.807, 2.05) is 0 Å². The molecule has 0 saturated carbocycles. The van der Waals surface area contributed by atoms with Crippen LogP contribution in [0.5, 0.6) is 11.5 Å². The van der Waals surface area contributed by atoms with Crippen molar-refractivity contribution in [1.29, 1.82) is 0 Å². The van der Waals surface area contributed by atoms with Gasteiger partial charge < -0.3 is 18.9 Å². The van der Waals surface area contributed by atoms with E-state index in [2.05, 4.69) is 34.1 Å². The summed E-state index contributed by atoms with van der Waals surface area (Å²) in [7, 11) is 1.73. The molecule has 2 fully saturated rings. The summed E-state index contributed by atoms with van der Waals surface area (Å²) in [4.78, 5) is 4.83. The quantitative estimate of drug-likeness (QED) is 0.521. The second kappa shape index (κ2) is 12.5. The van der Waals surface area contributed by atoms with Gasteiger partial charge in [-0.2, -0.15) is 0 Å². The molecule has 0 spiro atoms. The molecular weight excluding hydrogens is 435 g/mol. The minimum absolute atomic E-state index is 0.285. The van der Waals surface area contributed by atoms with Crippen molar-refractivity contribution >= 4 is 0 Å². The Kier molecular flexibility index (Phi) is 9.16. The number of rotatable bonds is 10. The predicted octanol–water partition coefficient (Wildman–Crippen LogP) is 3.99. The van der Waals surface area contributed by atoms with Crippen LogP contribution in [0.25, 0.3) is 0 Å². The highest BCUT2D eigenvalue weighted by molar-refractivity contribution is 5.27. The van der Waals surface area contributed by atoms with Crippen LogP contribution >= 0.6 is 0 Å². The minimum Gasteiger partial charge on any atom is -0.492 e. The molecule has 4 rings (SSSR count). The lowest BCUT2D eigenvalue weighted by Gasteiger charge is -2.31. The first-order valence-corrected chi connectivity index (χ1v) is 12.3. The normalized spacial score (nSPS) is 22.3. The number of morpholine rings is 1. The van der Waals surface area contributed by atoms with E-state index in [1.54, 1.807) is 25.3 Å². The molecule has 0 bridgehead atoms. The first-order chi connectivity index (χ1) is 16.7. The molecule has 2 aliphatic heterocycles. The van der Waals surface area contributed by atoms with Gasteiger partial charge in [0.1, 0.15) is 24.6 Å². The average molecular weight is 473 g/mol. The Hall–Kier alpha value is -2.19. The number of hydrogen-bond donors (Lipinski definition) is 0. The first-order valence-electron chi connectivity index (χ1n) is 12.3. The number of para-hydroxylation sites is 1. The molecule has 0 aliphatic carbocycles. The fourth-order valence-corrected chi connectivity index (χ4v) is 4.63. The van der Waals surface area contributed by atoms with Gasteiger partial charge in [-0.15, -0.1) is 0 Å². The molecular formula is C27H37FN2O4. The van der Waals surface area contributed by atoms with Crippen molar-refractivity contribution in [2.24, 2.45) is 0 Å². The molecule has 2 aromatic carbocycles. The van der Waals surface area contributed by atoms with Crippen molar-refractivity contribution in [3.8, 4) is 11.5 Å². The van der Waals surface area contributed by atoms with Gasteiger partial charge in [0.15, 0.2) is 11.6 Å². The van der Waals surface area contributed by atoms with Gasteiger partial charge >= 0.3 is 0 Å². The summed E-state index contributed by atoms with van der Waals surface area (Å²) in [6, 6.07) is 15.0. The van der Waals surface area contributed by atoms with E-state index in [4.69, 9.17) is 18.9 Å². The van der Waals surface area contributed by atoms with Crippen molar-refractivity contribution in [3.05, 3.63) is 59.9 Å². The van der Waals surface area contributed by atoms with Crippen LogP contribution in [0.3, 0.4) is 0 Å². The fourth-order valence-electron chi connectivity index (χ4n) is 4.63. The maximum Gasteiger partial charge on any atom is 0.165 e. The molecule has 0 radical (unpaired) electrons. The lowest BCUT2D eigenvalue weighted by atomic mass is 9.95. The van der Waals surface area contributed by atoms with Crippen LogP contribution in [0.15, 0.2) is 48.5 Å². The van der Waals surface area contributed by atoms with Crippen LogP contribution in [0.2, 0.25) is 0 Å². The van der Waals surface area contributed by atoms with E-state index >= 15 is 0 Å². The van der Waals surface area contributed by atoms with Crippen LogP contribution in [-0.4, -0.2) is 81.7 Å². The summed E-state index contributed by atoms with van der Waals surface area (Å²) in [5.41, 5.74) is 0.878. The second-order valence-electron chi connectivity index (χ2n) is 9.18. The summed E-state index contributed by atoms with van der Waals surface area (Å²) in [5, 5.41) is 0. The number of hydrogen-bond acceptors (Lipinski definition) is 6. The molecule has 0 amide bonds. The maximum atomic E-state index is 13.9. The van der Waals surface area contributed by atoms with Crippen molar-refractivity contribution < 1.29 is 23.3 Å². The summed E-state index contributed by atoms with van der Waals surface area (Å²) < 4.78 is 37.0. The largest absolute Gasteiger partial charge is 0.492 e. The Morgan fingerprint density at radius 1 is 0.912 bits per heavy atom. The number of methoxy groups -OCH3 is 1. The van der Waals surface area contributed by atoms with E-state index < -0.39 is 5.60 Å². The Morgan fingerprint density at radius 2 is 1.71 bits per heavy atom. The first kappa shape index (κ1) is 24.9. The SMILES string of the molecule is CO[C@]1(COc2ccccc2F)CCCN(Cc2ccc(OCCN3CCOCC3)cc2)CC1. The summed E-state index contributed by atoms with van der Waals surface area (Å²) in [6.45, 7) is 8.38. The van der Waals surface area contributed by atoms with E-state index in [1.165, 1.54) is 11.6 Å². The molecule has 1 atom stereocenters. The maximum absolute atomic E-state index is 13.9. The van der Waals surface area contributed by atoms with Crippen molar-refractivity contribution in [2.75, 3.05) is 66.3 Å². The summed E-state index contributed by atoms with van der Waals surface area (Å²) in [5.74, 6) is 0.862. The lowest BCUT2D eigenvalue weighted by molar-refractivity contribution is -0.0548. The van der Waals surface area contributed by atoms with Gasteiger partial charge in [-0.1, -0.05) is 24.3 Å². The number of halogens is 1. The van der Waals surface area contributed by atoms with Gasteiger partial charge in [0.2, 0.25) is 0 Å². The van der Waals surface area contributed by atoms with Crippen LogP contribution in [0, 0.1) is 5.82 Å². The highest BCUT2D eigenvalue weighted by Crippen LogP contribution is 2.29. The third kappa shape index (κ3) is 7.15. The standard InChI is InChI=1S/C27H37FN2O4/c1-31-27(22-34-26-6-3-2-5-25(26)28)11-4-13-30(14-12-27)21-23-7-9-24(10-8-23)33-20-17-29-15-18-32-19-16-29/h2-3,5-10H,4,11-22H2,1H3/t27-/m1/s1. The smallest absolute Gasteiger partial charge is 0.165 e. The zero-order chi connectivity index (χ0) is 23.6. The zero-order valence-electron chi connectivity index (χ0n) is 20.2. The number of ether oxygens (including phenoxy) is 4. The van der Waals surface area contributed by atoms with Gasteiger partial charge in [-0.3, -0.25) is 9.80 Å². The zero-order valence-corrected chi connectivity index (χ0v) is 20.2. The Morgan fingerprint density at radius 3 is 2.47 bits per heavy atom. The van der Waals surface area contributed by atoms with Crippen LogP contribution in [-0.2, 0) is 16.0 Å². The molecule has 2 aliphatic rings. The molecule has 2 heterocycles. The van der Waals surface area contributed by atoms with E-state index in [9.17, 15) is 4.39 Å². The highest BCUT2D eigenvalue weighted by atomic mass is 19.1. The molecule has 34 heavy (non-hydrogen) atoms. The van der Waals surface area contributed by atoms with Crippen molar-refractivity contribution in [2.45, 2.75) is 31.4 Å². The van der Waals surface area contributed by atoms with E-state index in [-0.39, 0.29) is 11.6 Å².